The number of hydrogen-bond acceptors (Lipinski definition) is 3. The predicted molar refractivity (Wildman–Crippen MR) is 47.0 cm³/mol. The number of thioether (sulfide) groups is 1. The van der Waals surface area contributed by atoms with Gasteiger partial charge in [-0.25, -0.2) is 0 Å². The van der Waals surface area contributed by atoms with Crippen LogP contribution in [0.15, 0.2) is 0 Å². The average molecular weight is 174 g/mol. The van der Waals surface area contributed by atoms with Crippen molar-refractivity contribution < 1.29 is 9.53 Å². The highest BCUT2D eigenvalue weighted by Gasteiger charge is 2.14. The van der Waals surface area contributed by atoms with Crippen molar-refractivity contribution >= 4 is 18.0 Å². The lowest BCUT2D eigenvalue weighted by molar-refractivity contribution is -0.107. The summed E-state index contributed by atoms with van der Waals surface area (Å²) in [6.45, 7) is 0.929. The minimum atomic E-state index is 0.464. The van der Waals surface area contributed by atoms with Gasteiger partial charge in [0.15, 0.2) is 0 Å². The van der Waals surface area contributed by atoms with Crippen LogP contribution in [0.25, 0.3) is 0 Å². The zero-order chi connectivity index (χ0) is 7.94. The predicted octanol–water partition coefficient (Wildman–Crippen LogP) is 1.49. The molecular weight excluding hydrogens is 160 g/mol. The molecule has 1 aliphatic rings. The molecule has 0 aromatic carbocycles. The molecule has 11 heavy (non-hydrogen) atoms. The first-order chi connectivity index (χ1) is 5.43. The van der Waals surface area contributed by atoms with Crippen molar-refractivity contribution in [2.75, 3.05) is 18.1 Å². The molecule has 3 heteroatoms. The van der Waals surface area contributed by atoms with Gasteiger partial charge < -0.3 is 9.53 Å². The van der Waals surface area contributed by atoms with Gasteiger partial charge in [0.25, 0.3) is 0 Å². The van der Waals surface area contributed by atoms with Gasteiger partial charge in [-0.1, -0.05) is 0 Å². The van der Waals surface area contributed by atoms with Gasteiger partial charge in [0.1, 0.15) is 6.29 Å². The summed E-state index contributed by atoms with van der Waals surface area (Å²) >= 11 is 1.82. The summed E-state index contributed by atoms with van der Waals surface area (Å²) in [5.41, 5.74) is 0. The molecule has 0 aromatic rings. The molecule has 1 heterocycles. The smallest absolute Gasteiger partial charge is 0.120 e. The van der Waals surface area contributed by atoms with E-state index >= 15 is 0 Å². The molecule has 0 amide bonds. The molecule has 0 radical (unpaired) electrons. The van der Waals surface area contributed by atoms with Crippen LogP contribution in [0, 0.1) is 0 Å². The van der Waals surface area contributed by atoms with Crippen molar-refractivity contribution in [1.82, 2.24) is 0 Å². The molecule has 1 rings (SSSR count). The highest BCUT2D eigenvalue weighted by atomic mass is 32.2. The lowest BCUT2D eigenvalue weighted by Gasteiger charge is -2.06. The Morgan fingerprint density at radius 2 is 2.55 bits per heavy atom. The van der Waals surface area contributed by atoms with E-state index in [1.54, 1.807) is 0 Å². The van der Waals surface area contributed by atoms with Gasteiger partial charge in [-0.05, 0) is 18.6 Å². The molecule has 1 atom stereocenters. The molecule has 0 aliphatic carbocycles. The van der Waals surface area contributed by atoms with Crippen LogP contribution in [0.5, 0.6) is 0 Å². The fourth-order valence-corrected chi connectivity index (χ4v) is 2.08. The van der Waals surface area contributed by atoms with Crippen molar-refractivity contribution in [2.45, 2.75) is 25.4 Å². The lowest BCUT2D eigenvalue weighted by atomic mass is 10.3. The normalized spacial score (nSPS) is 23.8. The van der Waals surface area contributed by atoms with Crippen LogP contribution in [-0.2, 0) is 9.53 Å². The van der Waals surface area contributed by atoms with E-state index in [1.165, 1.54) is 12.8 Å². The molecule has 1 aliphatic heterocycles. The van der Waals surface area contributed by atoms with Gasteiger partial charge >= 0.3 is 0 Å². The largest absolute Gasteiger partial charge is 0.377 e. The molecule has 1 fully saturated rings. The molecule has 0 spiro atoms. The van der Waals surface area contributed by atoms with E-state index in [4.69, 9.17) is 4.74 Å². The van der Waals surface area contributed by atoms with Crippen LogP contribution >= 0.6 is 11.8 Å². The summed E-state index contributed by atoms with van der Waals surface area (Å²) in [5.74, 6) is 2.01. The van der Waals surface area contributed by atoms with Crippen LogP contribution in [0.3, 0.4) is 0 Å². The number of ether oxygens (including phenoxy) is 1. The summed E-state index contributed by atoms with van der Waals surface area (Å²) in [4.78, 5) is 9.96. The van der Waals surface area contributed by atoms with Crippen molar-refractivity contribution in [3.8, 4) is 0 Å². The summed E-state index contributed by atoms with van der Waals surface area (Å²) in [6.07, 6.45) is 4.53. The van der Waals surface area contributed by atoms with Crippen LogP contribution in [0.1, 0.15) is 19.3 Å². The Hall–Kier alpha value is -0.0200. The highest BCUT2D eigenvalue weighted by Crippen LogP contribution is 2.16. The second kappa shape index (κ2) is 5.61. The number of carbonyl (C=O) groups excluding carboxylic acids is 1. The molecule has 0 bridgehead atoms. The number of hydrogen-bond donors (Lipinski definition) is 0. The van der Waals surface area contributed by atoms with Gasteiger partial charge in [0.05, 0.1) is 6.10 Å². The van der Waals surface area contributed by atoms with Crippen LogP contribution < -0.4 is 0 Å². The molecule has 2 nitrogen and oxygen atoms in total. The van der Waals surface area contributed by atoms with Crippen molar-refractivity contribution in [2.24, 2.45) is 0 Å². The second-order valence-corrected chi connectivity index (χ2v) is 3.82. The zero-order valence-electron chi connectivity index (χ0n) is 6.62. The van der Waals surface area contributed by atoms with Gasteiger partial charge in [-0.2, -0.15) is 11.8 Å². The molecule has 0 N–H and O–H groups in total. The van der Waals surface area contributed by atoms with E-state index in [2.05, 4.69) is 0 Å². The van der Waals surface area contributed by atoms with Crippen LogP contribution in [0.4, 0.5) is 0 Å². The zero-order valence-corrected chi connectivity index (χ0v) is 7.44. The van der Waals surface area contributed by atoms with Gasteiger partial charge in [0, 0.05) is 18.8 Å². The highest BCUT2D eigenvalue weighted by molar-refractivity contribution is 7.99. The maximum Gasteiger partial charge on any atom is 0.120 e. The Balaban J connectivity index is 1.89. The Bertz CT molecular complexity index is 111. The number of aldehydes is 1. The van der Waals surface area contributed by atoms with Gasteiger partial charge in [0.2, 0.25) is 0 Å². The van der Waals surface area contributed by atoms with Crippen LogP contribution in [-0.4, -0.2) is 30.5 Å². The number of carbonyl (C=O) groups is 1. The standard InChI is InChI=1S/C8H14O2S/c9-4-2-6-11-7-8-3-1-5-10-8/h4,8H,1-3,5-7H2. The van der Waals surface area contributed by atoms with Gasteiger partial charge in [-0.3, -0.25) is 0 Å². The van der Waals surface area contributed by atoms with E-state index in [1.807, 2.05) is 11.8 Å². The Morgan fingerprint density at radius 3 is 3.18 bits per heavy atom. The Kier molecular flexibility index (Phi) is 4.62. The number of rotatable bonds is 5. The summed E-state index contributed by atoms with van der Waals surface area (Å²) < 4.78 is 5.42. The first-order valence-electron chi connectivity index (χ1n) is 4.06. The minimum absolute atomic E-state index is 0.464. The third kappa shape index (κ3) is 3.77. The van der Waals surface area contributed by atoms with E-state index in [9.17, 15) is 4.79 Å². The average Bonchev–Trinajstić information content (AvgIpc) is 2.50. The molecule has 0 aromatic heterocycles. The molecule has 64 valence electrons. The first kappa shape index (κ1) is 9.07. The fraction of sp³-hybridized carbons (Fsp3) is 0.875. The third-order valence-corrected chi connectivity index (χ3v) is 2.84. The maximum atomic E-state index is 9.96. The second-order valence-electron chi connectivity index (χ2n) is 2.67. The lowest BCUT2D eigenvalue weighted by Crippen LogP contribution is -2.08. The van der Waals surface area contributed by atoms with E-state index in [0.717, 1.165) is 24.4 Å². The molecule has 1 saturated heterocycles. The van der Waals surface area contributed by atoms with Gasteiger partial charge in [-0.15, -0.1) is 0 Å². The molecule has 1 unspecified atom stereocenters. The SMILES string of the molecule is O=CCCSCC1CCCO1. The van der Waals surface area contributed by atoms with E-state index in [-0.39, 0.29) is 0 Å². The van der Waals surface area contributed by atoms with Crippen LogP contribution in [0.2, 0.25) is 0 Å². The summed E-state index contributed by atoms with van der Waals surface area (Å²) in [5, 5.41) is 0. The monoisotopic (exact) mass is 174 g/mol. The summed E-state index contributed by atoms with van der Waals surface area (Å²) in [7, 11) is 0. The Labute approximate surface area is 71.7 Å². The van der Waals surface area contributed by atoms with E-state index in [0.29, 0.717) is 12.5 Å². The quantitative estimate of drug-likeness (QED) is 0.466. The van der Waals surface area contributed by atoms with Crippen molar-refractivity contribution in [1.29, 1.82) is 0 Å². The fourth-order valence-electron chi connectivity index (χ4n) is 1.12. The topological polar surface area (TPSA) is 26.3 Å². The maximum absolute atomic E-state index is 9.96. The first-order valence-corrected chi connectivity index (χ1v) is 5.22. The van der Waals surface area contributed by atoms with Crippen molar-refractivity contribution in [3.05, 3.63) is 0 Å². The summed E-state index contributed by atoms with van der Waals surface area (Å²) in [6, 6.07) is 0. The van der Waals surface area contributed by atoms with Crippen molar-refractivity contribution in [3.63, 3.8) is 0 Å². The molecule has 0 saturated carbocycles. The Morgan fingerprint density at radius 1 is 1.64 bits per heavy atom. The third-order valence-electron chi connectivity index (χ3n) is 1.71. The minimum Gasteiger partial charge on any atom is -0.377 e. The van der Waals surface area contributed by atoms with E-state index < -0.39 is 0 Å². The molecular formula is C8H14O2S.